The van der Waals surface area contributed by atoms with Crippen molar-refractivity contribution < 1.29 is 9.53 Å². The maximum atomic E-state index is 12.2. The van der Waals surface area contributed by atoms with Crippen LogP contribution in [-0.2, 0) is 0 Å². The van der Waals surface area contributed by atoms with Crippen molar-refractivity contribution in [1.82, 2.24) is 15.5 Å². The molecule has 1 amide bonds. The van der Waals surface area contributed by atoms with Gasteiger partial charge in [0, 0.05) is 5.56 Å². The van der Waals surface area contributed by atoms with Crippen molar-refractivity contribution in [2.75, 3.05) is 13.2 Å². The third-order valence-electron chi connectivity index (χ3n) is 3.87. The second kappa shape index (κ2) is 7.66. The third kappa shape index (κ3) is 4.26. The van der Waals surface area contributed by atoms with E-state index in [4.69, 9.17) is 4.74 Å². The number of hydrogen-bond donors (Lipinski definition) is 2. The van der Waals surface area contributed by atoms with Gasteiger partial charge in [0.05, 0.1) is 12.2 Å². The van der Waals surface area contributed by atoms with Crippen LogP contribution in [0.3, 0.4) is 0 Å². The van der Waals surface area contributed by atoms with Crippen LogP contribution in [0.15, 0.2) is 54.6 Å². The summed E-state index contributed by atoms with van der Waals surface area (Å²) in [5.41, 5.74) is 4.44. The Morgan fingerprint density at radius 3 is 2.68 bits per heavy atom. The van der Waals surface area contributed by atoms with Gasteiger partial charge in [-0.25, -0.2) is 0 Å². The maximum Gasteiger partial charge on any atom is 0.269 e. The molecule has 5 heteroatoms. The van der Waals surface area contributed by atoms with E-state index in [0.717, 1.165) is 22.6 Å². The number of aromatic nitrogens is 2. The molecule has 5 nitrogen and oxygen atoms in total. The Balaban J connectivity index is 1.50. The van der Waals surface area contributed by atoms with Gasteiger partial charge in [-0.15, -0.1) is 0 Å². The first-order valence-electron chi connectivity index (χ1n) is 8.22. The Morgan fingerprint density at radius 2 is 1.92 bits per heavy atom. The maximum absolute atomic E-state index is 12.2. The number of benzene rings is 2. The first-order valence-corrected chi connectivity index (χ1v) is 8.22. The quantitative estimate of drug-likeness (QED) is 0.678. The summed E-state index contributed by atoms with van der Waals surface area (Å²) < 4.78 is 5.71. The summed E-state index contributed by atoms with van der Waals surface area (Å²) in [7, 11) is 0. The van der Waals surface area contributed by atoms with Gasteiger partial charge in [-0.2, -0.15) is 5.10 Å². The average Bonchev–Trinajstić information content (AvgIpc) is 3.11. The van der Waals surface area contributed by atoms with Crippen LogP contribution >= 0.6 is 0 Å². The molecule has 2 aromatic carbocycles. The van der Waals surface area contributed by atoms with Gasteiger partial charge in [-0.3, -0.25) is 9.89 Å². The first-order chi connectivity index (χ1) is 12.1. The van der Waals surface area contributed by atoms with Gasteiger partial charge in [0.25, 0.3) is 5.91 Å². The predicted molar refractivity (Wildman–Crippen MR) is 97.8 cm³/mol. The average molecular weight is 335 g/mol. The van der Waals surface area contributed by atoms with Crippen LogP contribution in [0.1, 0.15) is 21.6 Å². The Hall–Kier alpha value is -3.08. The van der Waals surface area contributed by atoms with Crippen LogP contribution in [-0.4, -0.2) is 29.3 Å². The lowest BCUT2D eigenvalue weighted by atomic mass is 10.1. The second-order valence-corrected chi connectivity index (χ2v) is 5.91. The van der Waals surface area contributed by atoms with Crippen molar-refractivity contribution in [3.63, 3.8) is 0 Å². The number of ether oxygens (including phenoxy) is 1. The summed E-state index contributed by atoms with van der Waals surface area (Å²) >= 11 is 0. The fourth-order valence-electron chi connectivity index (χ4n) is 2.58. The van der Waals surface area contributed by atoms with Crippen LogP contribution in [0.4, 0.5) is 0 Å². The largest absolute Gasteiger partial charge is 0.491 e. The minimum atomic E-state index is -0.195. The zero-order valence-corrected chi connectivity index (χ0v) is 14.4. The molecule has 0 spiro atoms. The number of amides is 1. The standard InChI is InChI=1S/C20H21N3O2/c1-14-8-9-19(15(2)12-14)25-11-10-21-20(24)18-13-17(22-23-18)16-6-4-3-5-7-16/h3-9,12-13H,10-11H2,1-2H3,(H,21,24)(H,22,23). The van der Waals surface area contributed by atoms with Crippen LogP contribution in [0.25, 0.3) is 11.3 Å². The highest BCUT2D eigenvalue weighted by Gasteiger charge is 2.10. The van der Waals surface area contributed by atoms with E-state index in [9.17, 15) is 4.79 Å². The van der Waals surface area contributed by atoms with Crippen molar-refractivity contribution in [3.05, 3.63) is 71.4 Å². The van der Waals surface area contributed by atoms with Gasteiger partial charge >= 0.3 is 0 Å². The minimum absolute atomic E-state index is 0.195. The third-order valence-corrected chi connectivity index (χ3v) is 3.87. The summed E-state index contributed by atoms with van der Waals surface area (Å²) in [6, 6.07) is 17.5. The predicted octanol–water partition coefficient (Wildman–Crippen LogP) is 3.50. The van der Waals surface area contributed by atoms with Gasteiger partial charge in [0.15, 0.2) is 0 Å². The van der Waals surface area contributed by atoms with E-state index in [1.54, 1.807) is 6.07 Å². The van der Waals surface area contributed by atoms with Gasteiger partial charge in [0.1, 0.15) is 18.1 Å². The van der Waals surface area contributed by atoms with Gasteiger partial charge in [-0.1, -0.05) is 48.0 Å². The van der Waals surface area contributed by atoms with E-state index in [-0.39, 0.29) is 5.91 Å². The number of nitrogens with one attached hydrogen (secondary N) is 2. The zero-order chi connectivity index (χ0) is 17.6. The molecule has 0 unspecified atom stereocenters. The van der Waals surface area contributed by atoms with Crippen LogP contribution in [0, 0.1) is 13.8 Å². The summed E-state index contributed by atoms with van der Waals surface area (Å²) in [6.07, 6.45) is 0. The lowest BCUT2D eigenvalue weighted by molar-refractivity contribution is 0.0942. The Morgan fingerprint density at radius 1 is 1.12 bits per heavy atom. The zero-order valence-electron chi connectivity index (χ0n) is 14.4. The van der Waals surface area contributed by atoms with Crippen LogP contribution in [0.2, 0.25) is 0 Å². The number of aromatic amines is 1. The number of aryl methyl sites for hydroxylation is 2. The molecular formula is C20H21N3O2. The molecule has 0 aliphatic carbocycles. The smallest absolute Gasteiger partial charge is 0.269 e. The van der Waals surface area contributed by atoms with Crippen LogP contribution in [0.5, 0.6) is 5.75 Å². The molecule has 0 aliphatic heterocycles. The highest BCUT2D eigenvalue weighted by molar-refractivity contribution is 5.93. The number of hydrogen-bond acceptors (Lipinski definition) is 3. The summed E-state index contributed by atoms with van der Waals surface area (Å²) in [5.74, 6) is 0.645. The Bertz CT molecular complexity index is 856. The Kier molecular flexibility index (Phi) is 5.14. The number of H-pyrrole nitrogens is 1. The number of rotatable bonds is 6. The molecule has 0 saturated heterocycles. The van der Waals surface area contributed by atoms with Crippen LogP contribution < -0.4 is 10.1 Å². The van der Waals surface area contributed by atoms with E-state index in [0.29, 0.717) is 18.8 Å². The molecule has 0 bridgehead atoms. The fraction of sp³-hybridized carbons (Fsp3) is 0.200. The Labute approximate surface area is 147 Å². The van der Waals surface area contributed by atoms with E-state index < -0.39 is 0 Å². The molecule has 128 valence electrons. The fourth-order valence-corrected chi connectivity index (χ4v) is 2.58. The summed E-state index contributed by atoms with van der Waals surface area (Å²) in [4.78, 5) is 12.2. The van der Waals surface area contributed by atoms with E-state index >= 15 is 0 Å². The second-order valence-electron chi connectivity index (χ2n) is 5.91. The lowest BCUT2D eigenvalue weighted by Crippen LogP contribution is -2.28. The van der Waals surface area contributed by atoms with Crippen molar-refractivity contribution in [2.45, 2.75) is 13.8 Å². The molecule has 2 N–H and O–H groups in total. The number of nitrogens with zero attached hydrogens (tertiary/aromatic N) is 1. The summed E-state index contributed by atoms with van der Waals surface area (Å²) in [6.45, 7) is 4.89. The highest BCUT2D eigenvalue weighted by atomic mass is 16.5. The number of carbonyl (C=O) groups excluding carboxylic acids is 1. The van der Waals surface area contributed by atoms with Crippen molar-refractivity contribution >= 4 is 5.91 Å². The minimum Gasteiger partial charge on any atom is -0.491 e. The molecule has 0 radical (unpaired) electrons. The molecule has 3 aromatic rings. The van der Waals surface area contributed by atoms with Gasteiger partial charge in [-0.05, 0) is 31.5 Å². The molecule has 3 rings (SSSR count). The van der Waals surface area contributed by atoms with E-state index in [2.05, 4.69) is 21.6 Å². The lowest BCUT2D eigenvalue weighted by Gasteiger charge is -2.10. The van der Waals surface area contributed by atoms with Gasteiger partial charge in [0.2, 0.25) is 0 Å². The molecule has 1 aromatic heterocycles. The SMILES string of the molecule is Cc1ccc(OCCNC(=O)c2cc(-c3ccccc3)n[nH]2)c(C)c1. The summed E-state index contributed by atoms with van der Waals surface area (Å²) in [5, 5.41) is 9.79. The highest BCUT2D eigenvalue weighted by Crippen LogP contribution is 2.18. The first kappa shape index (κ1) is 16.8. The van der Waals surface area contributed by atoms with Crippen molar-refractivity contribution in [3.8, 4) is 17.0 Å². The molecule has 1 heterocycles. The molecule has 0 saturated carbocycles. The molecular weight excluding hydrogens is 314 g/mol. The molecule has 0 aliphatic rings. The topological polar surface area (TPSA) is 67.0 Å². The van der Waals surface area contributed by atoms with E-state index in [1.165, 1.54) is 5.56 Å². The van der Waals surface area contributed by atoms with Crippen molar-refractivity contribution in [2.24, 2.45) is 0 Å². The normalized spacial score (nSPS) is 10.5. The monoisotopic (exact) mass is 335 g/mol. The van der Waals surface area contributed by atoms with Gasteiger partial charge < -0.3 is 10.1 Å². The molecule has 25 heavy (non-hydrogen) atoms. The number of carbonyl (C=O) groups is 1. The van der Waals surface area contributed by atoms with Crippen molar-refractivity contribution in [1.29, 1.82) is 0 Å². The molecule has 0 atom stereocenters. The molecule has 0 fully saturated rings. The van der Waals surface area contributed by atoms with E-state index in [1.807, 2.05) is 56.3 Å².